The average Bonchev–Trinajstić information content (AvgIpc) is 2.75. The van der Waals surface area contributed by atoms with E-state index in [2.05, 4.69) is 43.4 Å². The molecule has 2 amide bonds. The van der Waals surface area contributed by atoms with E-state index >= 15 is 0 Å². The van der Waals surface area contributed by atoms with Crippen LogP contribution in [-0.2, 0) is 4.79 Å². The first-order valence-corrected chi connectivity index (χ1v) is 10.8. The predicted molar refractivity (Wildman–Crippen MR) is 121 cm³/mol. The van der Waals surface area contributed by atoms with Gasteiger partial charge in [-0.05, 0) is 43.4 Å². The van der Waals surface area contributed by atoms with E-state index in [1.165, 1.54) is 0 Å². The number of nitrogens with zero attached hydrogens (tertiary/aromatic N) is 2. The highest BCUT2D eigenvalue weighted by Crippen LogP contribution is 2.18. The Morgan fingerprint density at radius 3 is 2.47 bits per heavy atom. The molecule has 0 atom stereocenters. The third-order valence-electron chi connectivity index (χ3n) is 4.93. The van der Waals surface area contributed by atoms with E-state index < -0.39 is 0 Å². The zero-order chi connectivity index (χ0) is 21.3. The molecular formula is C22H27BrN4O3. The van der Waals surface area contributed by atoms with Crippen LogP contribution in [0.4, 0.5) is 5.69 Å². The summed E-state index contributed by atoms with van der Waals surface area (Å²) >= 11 is 3.36. The number of carbonyl (C=O) groups is 2. The Morgan fingerprint density at radius 2 is 1.73 bits per heavy atom. The van der Waals surface area contributed by atoms with Crippen LogP contribution in [0.25, 0.3) is 0 Å². The smallest absolute Gasteiger partial charge is 0.262 e. The molecule has 0 bridgehead atoms. The standard InChI is InChI=1S/C22H27BrN4O3/c1-26-12-14-27(15-13-26)11-10-24-22(29)19-4-2-3-5-20(19)30-16-21(28)25-18-8-6-17(23)7-9-18/h2-9H,10-16H2,1H3,(H,24,29)(H,25,28). The van der Waals surface area contributed by atoms with E-state index in [0.717, 1.165) is 37.2 Å². The lowest BCUT2D eigenvalue weighted by Gasteiger charge is -2.32. The van der Waals surface area contributed by atoms with Gasteiger partial charge in [-0.2, -0.15) is 0 Å². The van der Waals surface area contributed by atoms with Crippen LogP contribution in [0.1, 0.15) is 10.4 Å². The Kier molecular flexibility index (Phi) is 8.24. The maximum atomic E-state index is 12.6. The van der Waals surface area contributed by atoms with Crippen molar-refractivity contribution in [1.29, 1.82) is 0 Å². The van der Waals surface area contributed by atoms with Crippen LogP contribution in [0.3, 0.4) is 0 Å². The average molecular weight is 475 g/mol. The second kappa shape index (κ2) is 11.1. The minimum absolute atomic E-state index is 0.179. The van der Waals surface area contributed by atoms with Crippen LogP contribution in [0.15, 0.2) is 53.0 Å². The summed E-state index contributed by atoms with van der Waals surface area (Å²) in [6.45, 7) is 5.33. The van der Waals surface area contributed by atoms with Crippen molar-refractivity contribution in [3.05, 3.63) is 58.6 Å². The van der Waals surface area contributed by atoms with Gasteiger partial charge in [-0.25, -0.2) is 0 Å². The lowest BCUT2D eigenvalue weighted by molar-refractivity contribution is -0.118. The van der Waals surface area contributed by atoms with Crippen LogP contribution in [0.2, 0.25) is 0 Å². The lowest BCUT2D eigenvalue weighted by atomic mass is 10.2. The summed E-state index contributed by atoms with van der Waals surface area (Å²) in [7, 11) is 2.12. The number of carbonyl (C=O) groups excluding carboxylic acids is 2. The first-order chi connectivity index (χ1) is 14.5. The molecule has 160 valence electrons. The molecule has 2 N–H and O–H groups in total. The molecular weight excluding hydrogens is 448 g/mol. The number of benzene rings is 2. The molecule has 2 aromatic carbocycles. The van der Waals surface area contributed by atoms with Crippen LogP contribution in [-0.4, -0.2) is 74.5 Å². The molecule has 0 radical (unpaired) electrons. The number of rotatable bonds is 8. The zero-order valence-corrected chi connectivity index (χ0v) is 18.7. The highest BCUT2D eigenvalue weighted by atomic mass is 79.9. The molecule has 8 heteroatoms. The number of hydrogen-bond donors (Lipinski definition) is 2. The second-order valence-corrected chi connectivity index (χ2v) is 8.16. The first kappa shape index (κ1) is 22.3. The van der Waals surface area contributed by atoms with Gasteiger partial charge >= 0.3 is 0 Å². The van der Waals surface area contributed by atoms with Crippen molar-refractivity contribution in [3.8, 4) is 5.75 Å². The van der Waals surface area contributed by atoms with Crippen molar-refractivity contribution < 1.29 is 14.3 Å². The summed E-state index contributed by atoms with van der Waals surface area (Å²) in [4.78, 5) is 29.4. The Hall–Kier alpha value is -2.42. The van der Waals surface area contributed by atoms with E-state index in [4.69, 9.17) is 4.74 Å². The molecule has 1 aliphatic heterocycles. The molecule has 0 aliphatic carbocycles. The minimum Gasteiger partial charge on any atom is -0.483 e. The summed E-state index contributed by atoms with van der Waals surface area (Å²) in [6.07, 6.45) is 0. The molecule has 1 saturated heterocycles. The zero-order valence-electron chi connectivity index (χ0n) is 17.1. The van der Waals surface area contributed by atoms with Crippen molar-refractivity contribution in [3.63, 3.8) is 0 Å². The van der Waals surface area contributed by atoms with Gasteiger partial charge < -0.3 is 20.3 Å². The molecule has 2 aromatic rings. The van der Waals surface area contributed by atoms with Crippen LogP contribution < -0.4 is 15.4 Å². The minimum atomic E-state index is -0.289. The van der Waals surface area contributed by atoms with E-state index in [1.807, 2.05) is 12.1 Å². The number of piperazine rings is 1. The van der Waals surface area contributed by atoms with Crippen molar-refractivity contribution in [2.45, 2.75) is 0 Å². The van der Waals surface area contributed by atoms with Crippen molar-refractivity contribution in [2.75, 3.05) is 58.2 Å². The summed E-state index contributed by atoms with van der Waals surface area (Å²) in [6, 6.07) is 14.2. The Morgan fingerprint density at radius 1 is 1.03 bits per heavy atom. The monoisotopic (exact) mass is 474 g/mol. The van der Waals surface area contributed by atoms with Gasteiger partial charge in [0.15, 0.2) is 6.61 Å². The molecule has 1 aliphatic rings. The highest BCUT2D eigenvalue weighted by molar-refractivity contribution is 9.10. The summed E-state index contributed by atoms with van der Waals surface area (Å²) in [5.74, 6) is -0.101. The molecule has 7 nitrogen and oxygen atoms in total. The number of nitrogens with one attached hydrogen (secondary N) is 2. The fourth-order valence-corrected chi connectivity index (χ4v) is 3.41. The largest absolute Gasteiger partial charge is 0.483 e. The van der Waals surface area contributed by atoms with Gasteiger partial charge in [-0.15, -0.1) is 0 Å². The molecule has 1 fully saturated rings. The number of anilines is 1. The van der Waals surface area contributed by atoms with E-state index in [-0.39, 0.29) is 18.4 Å². The number of halogens is 1. The van der Waals surface area contributed by atoms with E-state index in [9.17, 15) is 9.59 Å². The maximum absolute atomic E-state index is 12.6. The Bertz CT molecular complexity index is 852. The lowest BCUT2D eigenvalue weighted by Crippen LogP contribution is -2.46. The fraction of sp³-hybridized carbons (Fsp3) is 0.364. The normalized spacial score (nSPS) is 14.9. The third-order valence-corrected chi connectivity index (χ3v) is 5.46. The van der Waals surface area contributed by atoms with Crippen LogP contribution in [0.5, 0.6) is 5.75 Å². The van der Waals surface area contributed by atoms with Gasteiger partial charge in [0.2, 0.25) is 0 Å². The van der Waals surface area contributed by atoms with Crippen LogP contribution in [0, 0.1) is 0 Å². The summed E-state index contributed by atoms with van der Waals surface area (Å²) < 4.78 is 6.56. The maximum Gasteiger partial charge on any atom is 0.262 e. The molecule has 0 spiro atoms. The van der Waals surface area contributed by atoms with Crippen molar-refractivity contribution in [1.82, 2.24) is 15.1 Å². The second-order valence-electron chi connectivity index (χ2n) is 7.24. The van der Waals surface area contributed by atoms with Gasteiger partial charge in [-0.3, -0.25) is 14.5 Å². The van der Waals surface area contributed by atoms with E-state index in [1.54, 1.807) is 36.4 Å². The third kappa shape index (κ3) is 6.83. The first-order valence-electron chi connectivity index (χ1n) is 9.97. The Balaban J connectivity index is 1.47. The summed E-state index contributed by atoms with van der Waals surface area (Å²) in [5.41, 5.74) is 1.11. The molecule has 3 rings (SSSR count). The van der Waals surface area contributed by atoms with Gasteiger partial charge in [0.25, 0.3) is 11.8 Å². The quantitative estimate of drug-likeness (QED) is 0.614. The number of amides is 2. The summed E-state index contributed by atoms with van der Waals surface area (Å²) in [5, 5.41) is 5.72. The Labute approximate surface area is 185 Å². The molecule has 1 heterocycles. The van der Waals surface area contributed by atoms with Crippen molar-refractivity contribution >= 4 is 33.4 Å². The van der Waals surface area contributed by atoms with Gasteiger partial charge in [0, 0.05) is 49.4 Å². The molecule has 0 aromatic heterocycles. The molecule has 0 saturated carbocycles. The fourth-order valence-electron chi connectivity index (χ4n) is 3.15. The topological polar surface area (TPSA) is 73.9 Å². The number of para-hydroxylation sites is 1. The van der Waals surface area contributed by atoms with Gasteiger partial charge in [0.05, 0.1) is 5.56 Å². The van der Waals surface area contributed by atoms with Crippen molar-refractivity contribution in [2.24, 2.45) is 0 Å². The van der Waals surface area contributed by atoms with E-state index in [0.29, 0.717) is 23.5 Å². The van der Waals surface area contributed by atoms with Gasteiger partial charge in [-0.1, -0.05) is 28.1 Å². The molecule has 30 heavy (non-hydrogen) atoms. The number of ether oxygens (including phenoxy) is 1. The van der Waals surface area contributed by atoms with Gasteiger partial charge in [0.1, 0.15) is 5.75 Å². The van der Waals surface area contributed by atoms with Crippen LogP contribution >= 0.6 is 15.9 Å². The predicted octanol–water partition coefficient (Wildman–Crippen LogP) is 2.44. The number of likely N-dealkylation sites (N-methyl/N-ethyl adjacent to an activating group) is 1. The molecule has 0 unspecified atom stereocenters. The highest BCUT2D eigenvalue weighted by Gasteiger charge is 2.16. The SMILES string of the molecule is CN1CCN(CCNC(=O)c2ccccc2OCC(=O)Nc2ccc(Br)cc2)CC1. The number of hydrogen-bond acceptors (Lipinski definition) is 5.